The van der Waals surface area contributed by atoms with Gasteiger partial charge < -0.3 is 9.84 Å². The van der Waals surface area contributed by atoms with E-state index in [-0.39, 0.29) is 6.61 Å². The minimum atomic E-state index is -0.164. The second-order valence-corrected chi connectivity index (χ2v) is 4.83. The summed E-state index contributed by atoms with van der Waals surface area (Å²) in [5, 5.41) is 9.71. The van der Waals surface area contributed by atoms with E-state index in [0.29, 0.717) is 5.75 Å². The Morgan fingerprint density at radius 2 is 2.25 bits per heavy atom. The van der Waals surface area contributed by atoms with Gasteiger partial charge in [0.1, 0.15) is 18.7 Å². The van der Waals surface area contributed by atoms with E-state index in [4.69, 9.17) is 9.84 Å². The first-order chi connectivity index (χ1) is 9.83. The van der Waals surface area contributed by atoms with Crippen LogP contribution in [0.2, 0.25) is 0 Å². The van der Waals surface area contributed by atoms with Gasteiger partial charge in [0, 0.05) is 11.9 Å². The maximum atomic E-state index is 8.78. The molecule has 4 nitrogen and oxygen atoms in total. The molecule has 5 heteroatoms. The van der Waals surface area contributed by atoms with Crippen LogP contribution in [0.5, 0.6) is 5.75 Å². The molecule has 0 unspecified atom stereocenters. The van der Waals surface area contributed by atoms with Gasteiger partial charge in [-0.25, -0.2) is 9.97 Å². The predicted molar refractivity (Wildman–Crippen MR) is 78.6 cm³/mol. The number of aromatic nitrogens is 2. The van der Waals surface area contributed by atoms with E-state index in [1.807, 2.05) is 24.3 Å². The summed E-state index contributed by atoms with van der Waals surface area (Å²) in [7, 11) is 1.61. The quantitative estimate of drug-likeness (QED) is 0.530. The molecule has 0 saturated carbocycles. The van der Waals surface area contributed by atoms with Crippen molar-refractivity contribution in [2.24, 2.45) is 0 Å². The van der Waals surface area contributed by atoms with Gasteiger partial charge in [-0.2, -0.15) is 0 Å². The first-order valence-electron chi connectivity index (χ1n) is 5.99. The average molecular weight is 286 g/mol. The molecule has 102 valence electrons. The molecular weight excluding hydrogens is 272 g/mol. The van der Waals surface area contributed by atoms with Gasteiger partial charge in [-0.3, -0.25) is 0 Å². The summed E-state index contributed by atoms with van der Waals surface area (Å²) in [6, 6.07) is 7.73. The number of aliphatic hydroxyl groups is 1. The molecule has 2 aromatic rings. The van der Waals surface area contributed by atoms with Crippen LogP contribution in [-0.4, -0.2) is 28.8 Å². The zero-order chi connectivity index (χ0) is 14.2. The second kappa shape index (κ2) is 7.53. The fraction of sp³-hybridized carbons (Fsp3) is 0.200. The first-order valence-corrected chi connectivity index (χ1v) is 6.97. The van der Waals surface area contributed by atoms with Crippen molar-refractivity contribution < 1.29 is 9.84 Å². The molecule has 2 rings (SSSR count). The second-order valence-electron chi connectivity index (χ2n) is 3.83. The van der Waals surface area contributed by atoms with Gasteiger partial charge in [0.15, 0.2) is 0 Å². The largest absolute Gasteiger partial charge is 0.495 e. The number of benzene rings is 1. The Morgan fingerprint density at radius 1 is 1.35 bits per heavy atom. The fourth-order valence-electron chi connectivity index (χ4n) is 1.60. The Bertz CT molecular complexity index is 621. The van der Waals surface area contributed by atoms with Crippen molar-refractivity contribution in [2.75, 3.05) is 13.7 Å². The third kappa shape index (κ3) is 3.98. The SMILES string of the molecule is COc1ccc(CSc2ccncn2)cc1C#CCO. The number of ether oxygens (including phenoxy) is 1. The van der Waals surface area contributed by atoms with Crippen molar-refractivity contribution >= 4 is 11.8 Å². The highest BCUT2D eigenvalue weighted by Gasteiger charge is 2.03. The Balaban J connectivity index is 2.12. The summed E-state index contributed by atoms with van der Waals surface area (Å²) < 4.78 is 5.25. The van der Waals surface area contributed by atoms with Gasteiger partial charge in [0.25, 0.3) is 0 Å². The molecule has 1 aromatic heterocycles. The number of hydrogen-bond acceptors (Lipinski definition) is 5. The van der Waals surface area contributed by atoms with Crippen molar-refractivity contribution in [3.05, 3.63) is 47.9 Å². The molecule has 0 aliphatic carbocycles. The van der Waals surface area contributed by atoms with E-state index in [0.717, 1.165) is 21.9 Å². The molecule has 0 aliphatic rings. The zero-order valence-corrected chi connectivity index (χ0v) is 11.9. The van der Waals surface area contributed by atoms with Crippen LogP contribution in [-0.2, 0) is 5.75 Å². The average Bonchev–Trinajstić information content (AvgIpc) is 2.52. The summed E-state index contributed by atoms with van der Waals surface area (Å²) >= 11 is 1.63. The molecular formula is C15H14N2O2S. The molecule has 0 saturated heterocycles. The molecule has 1 heterocycles. The molecule has 0 bridgehead atoms. The van der Waals surface area contributed by atoms with Crippen molar-refractivity contribution in [1.29, 1.82) is 0 Å². The summed E-state index contributed by atoms with van der Waals surface area (Å²) in [6.45, 7) is -0.164. The lowest BCUT2D eigenvalue weighted by Gasteiger charge is -2.06. The van der Waals surface area contributed by atoms with Crippen LogP contribution < -0.4 is 4.74 Å². The third-order valence-electron chi connectivity index (χ3n) is 2.51. The summed E-state index contributed by atoms with van der Waals surface area (Å²) in [4.78, 5) is 8.05. The summed E-state index contributed by atoms with van der Waals surface area (Å²) in [5.41, 5.74) is 1.90. The van der Waals surface area contributed by atoms with Crippen LogP contribution in [0.1, 0.15) is 11.1 Å². The zero-order valence-electron chi connectivity index (χ0n) is 11.0. The predicted octanol–water partition coefficient (Wildman–Crippen LogP) is 2.12. The number of hydrogen-bond donors (Lipinski definition) is 1. The smallest absolute Gasteiger partial charge is 0.134 e. The van der Waals surface area contributed by atoms with Gasteiger partial charge in [0.2, 0.25) is 0 Å². The van der Waals surface area contributed by atoms with Crippen molar-refractivity contribution in [3.63, 3.8) is 0 Å². The molecule has 0 aliphatic heterocycles. The van der Waals surface area contributed by atoms with Gasteiger partial charge in [-0.05, 0) is 23.8 Å². The molecule has 0 fully saturated rings. The van der Waals surface area contributed by atoms with E-state index in [9.17, 15) is 0 Å². The number of aliphatic hydroxyl groups excluding tert-OH is 1. The Morgan fingerprint density at radius 3 is 2.95 bits per heavy atom. The van der Waals surface area contributed by atoms with Crippen molar-refractivity contribution in [2.45, 2.75) is 10.8 Å². The molecule has 0 atom stereocenters. The fourth-order valence-corrected chi connectivity index (χ4v) is 2.37. The molecule has 0 radical (unpaired) electrons. The molecule has 20 heavy (non-hydrogen) atoms. The highest BCUT2D eigenvalue weighted by Crippen LogP contribution is 2.24. The third-order valence-corrected chi connectivity index (χ3v) is 3.52. The molecule has 1 aromatic carbocycles. The van der Waals surface area contributed by atoms with Crippen LogP contribution in [0.25, 0.3) is 0 Å². The first kappa shape index (κ1) is 14.4. The van der Waals surface area contributed by atoms with Crippen LogP contribution in [0, 0.1) is 11.8 Å². The van der Waals surface area contributed by atoms with E-state index in [1.165, 1.54) is 6.33 Å². The summed E-state index contributed by atoms with van der Waals surface area (Å²) in [5.74, 6) is 7.03. The van der Waals surface area contributed by atoms with Crippen molar-refractivity contribution in [1.82, 2.24) is 9.97 Å². The molecule has 0 amide bonds. The van der Waals surface area contributed by atoms with E-state index >= 15 is 0 Å². The minimum Gasteiger partial charge on any atom is -0.495 e. The standard InChI is InChI=1S/C15H14N2O2S/c1-19-14-5-4-12(9-13(14)3-2-8-18)10-20-15-6-7-16-11-17-15/h4-7,9,11,18H,8,10H2,1H3. The Hall–Kier alpha value is -2.03. The minimum absolute atomic E-state index is 0.164. The maximum Gasteiger partial charge on any atom is 0.134 e. The number of nitrogens with zero attached hydrogens (tertiary/aromatic N) is 2. The van der Waals surface area contributed by atoms with Gasteiger partial charge >= 0.3 is 0 Å². The van der Waals surface area contributed by atoms with E-state index in [1.54, 1.807) is 25.1 Å². The maximum absolute atomic E-state index is 8.78. The van der Waals surface area contributed by atoms with Crippen LogP contribution in [0.4, 0.5) is 0 Å². The lowest BCUT2D eigenvalue weighted by molar-refractivity contribution is 0.350. The monoisotopic (exact) mass is 286 g/mol. The van der Waals surface area contributed by atoms with Gasteiger partial charge in [-0.15, -0.1) is 11.8 Å². The van der Waals surface area contributed by atoms with E-state index < -0.39 is 0 Å². The lowest BCUT2D eigenvalue weighted by Crippen LogP contribution is -1.91. The highest BCUT2D eigenvalue weighted by molar-refractivity contribution is 7.98. The van der Waals surface area contributed by atoms with Crippen LogP contribution >= 0.6 is 11.8 Å². The Labute approximate surface area is 122 Å². The normalized spacial score (nSPS) is 9.70. The van der Waals surface area contributed by atoms with Crippen molar-refractivity contribution in [3.8, 4) is 17.6 Å². The number of thioether (sulfide) groups is 1. The molecule has 0 spiro atoms. The van der Waals surface area contributed by atoms with Crippen LogP contribution in [0.3, 0.4) is 0 Å². The Kier molecular flexibility index (Phi) is 5.42. The highest BCUT2D eigenvalue weighted by atomic mass is 32.2. The van der Waals surface area contributed by atoms with E-state index in [2.05, 4.69) is 21.8 Å². The van der Waals surface area contributed by atoms with Crippen LogP contribution in [0.15, 0.2) is 41.8 Å². The van der Waals surface area contributed by atoms with Gasteiger partial charge in [-0.1, -0.05) is 17.9 Å². The number of methoxy groups -OCH3 is 1. The number of rotatable bonds is 4. The molecule has 1 N–H and O–H groups in total. The van der Waals surface area contributed by atoms with Gasteiger partial charge in [0.05, 0.1) is 17.7 Å². The topological polar surface area (TPSA) is 55.2 Å². The lowest BCUT2D eigenvalue weighted by atomic mass is 10.1. The summed E-state index contributed by atoms with van der Waals surface area (Å²) in [6.07, 6.45) is 3.26.